The predicted octanol–water partition coefficient (Wildman–Crippen LogP) is 3.23. The molecule has 0 aromatic rings. The zero-order chi connectivity index (χ0) is 13.8. The van der Waals surface area contributed by atoms with Gasteiger partial charge in [0.05, 0.1) is 0 Å². The Kier molecular flexibility index (Phi) is 5.26. The van der Waals surface area contributed by atoms with E-state index in [1.54, 1.807) is 0 Å². The van der Waals surface area contributed by atoms with Crippen molar-refractivity contribution in [2.45, 2.75) is 71.4 Å². The number of likely N-dealkylation sites (tertiary alicyclic amines) is 1. The second kappa shape index (κ2) is 6.74. The Hall–Kier alpha value is -0.570. The molecule has 0 saturated carbocycles. The maximum Gasteiger partial charge on any atom is 0.226 e. The Morgan fingerprint density at radius 2 is 1.89 bits per heavy atom. The highest BCUT2D eigenvalue weighted by Crippen LogP contribution is 2.33. The predicted molar refractivity (Wildman–Crippen MR) is 76.9 cm³/mol. The fourth-order valence-electron chi connectivity index (χ4n) is 3.89. The van der Waals surface area contributed by atoms with Crippen LogP contribution in [0.2, 0.25) is 0 Å². The van der Waals surface area contributed by atoms with Gasteiger partial charge in [-0.15, -0.1) is 0 Å². The summed E-state index contributed by atoms with van der Waals surface area (Å²) in [7, 11) is 0. The van der Waals surface area contributed by atoms with Gasteiger partial charge in [-0.25, -0.2) is 0 Å². The third-order valence-electron chi connectivity index (χ3n) is 5.10. The third-order valence-corrected chi connectivity index (χ3v) is 5.10. The molecule has 2 aliphatic rings. The van der Waals surface area contributed by atoms with Crippen LogP contribution in [0.15, 0.2) is 0 Å². The Balaban J connectivity index is 2.06. The monoisotopic (exact) mass is 267 g/mol. The third kappa shape index (κ3) is 3.13. The Labute approximate surface area is 117 Å². The van der Waals surface area contributed by atoms with E-state index in [0.29, 0.717) is 23.9 Å². The molecule has 110 valence electrons. The highest BCUT2D eigenvalue weighted by atomic mass is 16.5. The zero-order valence-corrected chi connectivity index (χ0v) is 12.7. The Morgan fingerprint density at radius 3 is 2.47 bits per heavy atom. The summed E-state index contributed by atoms with van der Waals surface area (Å²) in [6.07, 6.45) is 6.55. The van der Waals surface area contributed by atoms with E-state index in [0.717, 1.165) is 38.9 Å². The van der Waals surface area contributed by atoms with Gasteiger partial charge in [0.25, 0.3) is 0 Å². The first-order valence-electron chi connectivity index (χ1n) is 8.08. The minimum atomic E-state index is 0.221. The number of rotatable bonds is 4. The van der Waals surface area contributed by atoms with Crippen molar-refractivity contribution >= 4 is 5.91 Å². The molecular formula is C16H29NO2. The minimum absolute atomic E-state index is 0.221. The zero-order valence-electron chi connectivity index (χ0n) is 12.7. The van der Waals surface area contributed by atoms with Gasteiger partial charge in [-0.3, -0.25) is 4.79 Å². The van der Waals surface area contributed by atoms with Gasteiger partial charge in [0.2, 0.25) is 5.91 Å². The van der Waals surface area contributed by atoms with Crippen molar-refractivity contribution in [2.75, 3.05) is 13.2 Å². The molecule has 3 heteroatoms. The number of ether oxygens (including phenoxy) is 1. The first kappa shape index (κ1) is 14.8. The van der Waals surface area contributed by atoms with Gasteiger partial charge in [-0.2, -0.15) is 0 Å². The molecule has 0 aromatic carbocycles. The molecule has 0 aliphatic carbocycles. The molecule has 0 bridgehead atoms. The first-order valence-corrected chi connectivity index (χ1v) is 8.08. The van der Waals surface area contributed by atoms with Crippen molar-refractivity contribution in [2.24, 2.45) is 11.8 Å². The maximum absolute atomic E-state index is 12.9. The second-order valence-corrected chi connectivity index (χ2v) is 6.20. The summed E-state index contributed by atoms with van der Waals surface area (Å²) < 4.78 is 5.44. The maximum atomic E-state index is 12.9. The number of carbonyl (C=O) groups is 1. The van der Waals surface area contributed by atoms with E-state index >= 15 is 0 Å². The van der Waals surface area contributed by atoms with E-state index in [-0.39, 0.29) is 5.92 Å². The van der Waals surface area contributed by atoms with Crippen LogP contribution < -0.4 is 0 Å². The van der Waals surface area contributed by atoms with Crippen LogP contribution in [0.5, 0.6) is 0 Å². The number of hydrogen-bond acceptors (Lipinski definition) is 2. The average Bonchev–Trinajstić information content (AvgIpc) is 2.81. The Morgan fingerprint density at radius 1 is 1.21 bits per heavy atom. The SMILES string of the molecule is CCC(C(=O)N1C(C)CC[C@H]1CC)C1CCOCC1. The minimum Gasteiger partial charge on any atom is -0.381 e. The standard InChI is InChI=1S/C16H29NO2/c1-4-14-7-6-12(3)17(14)16(18)15(5-2)13-8-10-19-11-9-13/h12-15H,4-11H2,1-3H3/t12?,14-,15?/m1/s1. The number of amides is 1. The van der Waals surface area contributed by atoms with Crippen molar-refractivity contribution in [1.82, 2.24) is 4.90 Å². The molecule has 2 unspecified atom stereocenters. The number of nitrogens with zero attached hydrogens (tertiary/aromatic N) is 1. The molecule has 2 aliphatic heterocycles. The number of carbonyl (C=O) groups excluding carboxylic acids is 1. The highest BCUT2D eigenvalue weighted by Gasteiger charge is 2.38. The molecule has 2 rings (SSSR count). The lowest BCUT2D eigenvalue weighted by atomic mass is 9.83. The van der Waals surface area contributed by atoms with Crippen LogP contribution in [0.3, 0.4) is 0 Å². The van der Waals surface area contributed by atoms with E-state index in [4.69, 9.17) is 4.74 Å². The quantitative estimate of drug-likeness (QED) is 0.782. The van der Waals surface area contributed by atoms with Crippen LogP contribution in [0.1, 0.15) is 59.3 Å². The molecule has 19 heavy (non-hydrogen) atoms. The van der Waals surface area contributed by atoms with Crippen LogP contribution in [0.4, 0.5) is 0 Å². The van der Waals surface area contributed by atoms with E-state index in [2.05, 4.69) is 25.7 Å². The topological polar surface area (TPSA) is 29.5 Å². The van der Waals surface area contributed by atoms with E-state index in [9.17, 15) is 4.79 Å². The van der Waals surface area contributed by atoms with Crippen LogP contribution >= 0.6 is 0 Å². The summed E-state index contributed by atoms with van der Waals surface area (Å²) in [4.78, 5) is 15.2. The lowest BCUT2D eigenvalue weighted by Gasteiger charge is -2.36. The van der Waals surface area contributed by atoms with Crippen LogP contribution in [-0.4, -0.2) is 36.1 Å². The molecule has 3 nitrogen and oxygen atoms in total. The second-order valence-electron chi connectivity index (χ2n) is 6.20. The first-order chi connectivity index (χ1) is 9.19. The van der Waals surface area contributed by atoms with Gasteiger partial charge in [-0.1, -0.05) is 13.8 Å². The Bertz CT molecular complexity index is 299. The van der Waals surface area contributed by atoms with Crippen molar-refractivity contribution in [3.8, 4) is 0 Å². The highest BCUT2D eigenvalue weighted by molar-refractivity contribution is 5.80. The average molecular weight is 267 g/mol. The fraction of sp³-hybridized carbons (Fsp3) is 0.938. The summed E-state index contributed by atoms with van der Waals surface area (Å²) in [6, 6.07) is 0.919. The lowest BCUT2D eigenvalue weighted by Crippen LogP contribution is -2.45. The van der Waals surface area contributed by atoms with Gasteiger partial charge >= 0.3 is 0 Å². The normalized spacial score (nSPS) is 30.6. The van der Waals surface area contributed by atoms with E-state index < -0.39 is 0 Å². The van der Waals surface area contributed by atoms with Gasteiger partial charge in [0, 0.05) is 31.2 Å². The van der Waals surface area contributed by atoms with Gasteiger partial charge in [0.1, 0.15) is 0 Å². The lowest BCUT2D eigenvalue weighted by molar-refractivity contribution is -0.141. The molecule has 0 N–H and O–H groups in total. The molecule has 1 amide bonds. The van der Waals surface area contributed by atoms with Crippen LogP contribution in [0, 0.1) is 11.8 Å². The van der Waals surface area contributed by atoms with Crippen molar-refractivity contribution in [3.63, 3.8) is 0 Å². The van der Waals surface area contributed by atoms with Crippen molar-refractivity contribution in [1.29, 1.82) is 0 Å². The van der Waals surface area contributed by atoms with E-state index in [1.807, 2.05) is 0 Å². The molecule has 0 radical (unpaired) electrons. The molecule has 2 heterocycles. The number of hydrogen-bond donors (Lipinski definition) is 0. The molecule has 2 saturated heterocycles. The largest absolute Gasteiger partial charge is 0.381 e. The summed E-state index contributed by atoms with van der Waals surface area (Å²) in [5.74, 6) is 1.18. The fourth-order valence-corrected chi connectivity index (χ4v) is 3.89. The van der Waals surface area contributed by atoms with Crippen molar-refractivity contribution < 1.29 is 9.53 Å². The summed E-state index contributed by atoms with van der Waals surface area (Å²) in [6.45, 7) is 8.25. The van der Waals surface area contributed by atoms with Crippen molar-refractivity contribution in [3.05, 3.63) is 0 Å². The molecule has 0 aromatic heterocycles. The van der Waals surface area contributed by atoms with E-state index in [1.165, 1.54) is 12.8 Å². The van der Waals surface area contributed by atoms with Gasteiger partial charge in [0.15, 0.2) is 0 Å². The summed E-state index contributed by atoms with van der Waals surface area (Å²) in [5.41, 5.74) is 0. The molecule has 0 spiro atoms. The smallest absolute Gasteiger partial charge is 0.226 e. The molecule has 2 fully saturated rings. The van der Waals surface area contributed by atoms with Crippen LogP contribution in [-0.2, 0) is 9.53 Å². The van der Waals surface area contributed by atoms with Gasteiger partial charge < -0.3 is 9.64 Å². The van der Waals surface area contributed by atoms with Gasteiger partial charge in [-0.05, 0) is 51.4 Å². The molecule has 3 atom stereocenters. The summed E-state index contributed by atoms with van der Waals surface area (Å²) in [5, 5.41) is 0. The van der Waals surface area contributed by atoms with Crippen LogP contribution in [0.25, 0.3) is 0 Å². The molecular weight excluding hydrogens is 238 g/mol. The summed E-state index contributed by atoms with van der Waals surface area (Å²) >= 11 is 0.